The minimum atomic E-state index is -0.416. The molecule has 6 heteroatoms. The van der Waals surface area contributed by atoms with Crippen LogP contribution in [0.3, 0.4) is 0 Å². The summed E-state index contributed by atoms with van der Waals surface area (Å²) < 4.78 is 0. The van der Waals surface area contributed by atoms with Crippen molar-refractivity contribution in [2.24, 2.45) is 0 Å². The van der Waals surface area contributed by atoms with Crippen molar-refractivity contribution < 1.29 is 9.59 Å². The van der Waals surface area contributed by atoms with Crippen LogP contribution in [-0.2, 0) is 4.79 Å². The molecule has 1 saturated heterocycles. The molecule has 1 aromatic carbocycles. The van der Waals surface area contributed by atoms with Gasteiger partial charge in [-0.2, -0.15) is 11.8 Å². The van der Waals surface area contributed by atoms with Crippen LogP contribution in [0.5, 0.6) is 0 Å². The zero-order chi connectivity index (χ0) is 13.1. The van der Waals surface area contributed by atoms with E-state index in [-0.39, 0.29) is 11.9 Å². The van der Waals surface area contributed by atoms with Crippen molar-refractivity contribution in [3.63, 3.8) is 0 Å². The minimum absolute atomic E-state index is 0.198. The van der Waals surface area contributed by atoms with Crippen molar-refractivity contribution in [3.05, 3.63) is 29.3 Å². The molecule has 1 fully saturated rings. The van der Waals surface area contributed by atoms with Gasteiger partial charge in [-0.15, -0.1) is 0 Å². The quantitative estimate of drug-likeness (QED) is 0.865. The number of imide groups is 1. The Kier molecular flexibility index (Phi) is 4.14. The number of hydrogen-bond acceptors (Lipinski definition) is 3. The summed E-state index contributed by atoms with van der Waals surface area (Å²) in [4.78, 5) is 25.1. The van der Waals surface area contributed by atoms with E-state index in [1.54, 1.807) is 36.0 Å². The summed E-state index contributed by atoms with van der Waals surface area (Å²) in [5, 5.41) is 3.27. The van der Waals surface area contributed by atoms with E-state index in [4.69, 9.17) is 11.6 Å². The molecule has 1 aliphatic heterocycles. The highest BCUT2D eigenvalue weighted by Gasteiger charge is 2.38. The van der Waals surface area contributed by atoms with Gasteiger partial charge < -0.3 is 5.32 Å². The number of carbonyl (C=O) groups excluding carboxylic acids is 2. The van der Waals surface area contributed by atoms with Crippen molar-refractivity contribution in [1.82, 2.24) is 5.32 Å². The second-order valence-electron chi connectivity index (χ2n) is 3.93. The standard InChI is InChI=1S/C12H13ClN2O2S/c1-18-7-6-10-11(16)15(12(17)14-10)9-4-2-8(13)3-5-9/h2-5,10H,6-7H2,1H3,(H,14,17). The van der Waals surface area contributed by atoms with Gasteiger partial charge in [0.15, 0.2) is 0 Å². The first-order valence-electron chi connectivity index (χ1n) is 5.52. The molecule has 1 heterocycles. The molecule has 1 unspecified atom stereocenters. The number of carbonyl (C=O) groups is 2. The van der Waals surface area contributed by atoms with Gasteiger partial charge in [0, 0.05) is 5.02 Å². The molecule has 1 aliphatic rings. The maximum absolute atomic E-state index is 12.1. The Bertz CT molecular complexity index is 464. The van der Waals surface area contributed by atoms with Crippen molar-refractivity contribution >= 4 is 41.0 Å². The second kappa shape index (κ2) is 5.63. The number of hydrogen-bond donors (Lipinski definition) is 1. The molecule has 0 spiro atoms. The third-order valence-electron chi connectivity index (χ3n) is 2.71. The summed E-state index contributed by atoms with van der Waals surface area (Å²) in [5.41, 5.74) is 0.550. The lowest BCUT2D eigenvalue weighted by atomic mass is 10.2. The van der Waals surface area contributed by atoms with Gasteiger partial charge in [-0.3, -0.25) is 4.79 Å². The van der Waals surface area contributed by atoms with Crippen LogP contribution in [0.2, 0.25) is 5.02 Å². The van der Waals surface area contributed by atoms with Crippen LogP contribution in [0.25, 0.3) is 0 Å². The number of rotatable bonds is 4. The van der Waals surface area contributed by atoms with Crippen LogP contribution in [0.15, 0.2) is 24.3 Å². The Morgan fingerprint density at radius 2 is 2.00 bits per heavy atom. The van der Waals surface area contributed by atoms with Crippen molar-refractivity contribution in [2.45, 2.75) is 12.5 Å². The van der Waals surface area contributed by atoms with E-state index in [2.05, 4.69) is 5.32 Å². The molecular formula is C12H13ClN2O2S. The van der Waals surface area contributed by atoms with E-state index in [1.165, 1.54) is 4.90 Å². The molecule has 0 aromatic heterocycles. The summed E-state index contributed by atoms with van der Waals surface area (Å²) in [6.07, 6.45) is 2.62. The third-order valence-corrected chi connectivity index (χ3v) is 3.61. The smallest absolute Gasteiger partial charge is 0.325 e. The van der Waals surface area contributed by atoms with Crippen LogP contribution in [0.1, 0.15) is 6.42 Å². The highest BCUT2D eigenvalue weighted by molar-refractivity contribution is 7.98. The highest BCUT2D eigenvalue weighted by Crippen LogP contribution is 2.22. The fourth-order valence-corrected chi connectivity index (χ4v) is 2.39. The Morgan fingerprint density at radius 1 is 1.33 bits per heavy atom. The molecule has 1 N–H and O–H groups in total. The highest BCUT2D eigenvalue weighted by atomic mass is 35.5. The second-order valence-corrected chi connectivity index (χ2v) is 5.36. The molecule has 0 radical (unpaired) electrons. The maximum Gasteiger partial charge on any atom is 0.329 e. The maximum atomic E-state index is 12.1. The van der Waals surface area contributed by atoms with Gasteiger partial charge in [-0.25, -0.2) is 9.69 Å². The predicted octanol–water partition coefficient (Wildman–Crippen LogP) is 2.52. The first-order valence-corrected chi connectivity index (χ1v) is 7.29. The molecule has 0 aliphatic carbocycles. The lowest BCUT2D eigenvalue weighted by molar-refractivity contribution is -0.118. The Balaban J connectivity index is 2.16. The number of anilines is 1. The van der Waals surface area contributed by atoms with Gasteiger partial charge in [0.1, 0.15) is 6.04 Å². The number of urea groups is 1. The van der Waals surface area contributed by atoms with E-state index in [0.717, 1.165) is 5.75 Å². The number of amides is 3. The first kappa shape index (κ1) is 13.2. The monoisotopic (exact) mass is 284 g/mol. The predicted molar refractivity (Wildman–Crippen MR) is 74.3 cm³/mol. The summed E-state index contributed by atoms with van der Waals surface area (Å²) in [7, 11) is 0. The first-order chi connectivity index (χ1) is 8.63. The van der Waals surface area contributed by atoms with Gasteiger partial charge in [-0.05, 0) is 42.7 Å². The summed E-state index contributed by atoms with van der Waals surface area (Å²) in [6.45, 7) is 0. The summed E-state index contributed by atoms with van der Waals surface area (Å²) in [6, 6.07) is 5.86. The zero-order valence-electron chi connectivity index (χ0n) is 9.85. The van der Waals surface area contributed by atoms with Gasteiger partial charge >= 0.3 is 6.03 Å². The van der Waals surface area contributed by atoms with Gasteiger partial charge in [-0.1, -0.05) is 11.6 Å². The van der Waals surface area contributed by atoms with E-state index in [9.17, 15) is 9.59 Å². The van der Waals surface area contributed by atoms with Gasteiger partial charge in [0.2, 0.25) is 0 Å². The number of benzene rings is 1. The molecule has 0 saturated carbocycles. The molecule has 0 bridgehead atoms. The van der Waals surface area contributed by atoms with Crippen molar-refractivity contribution in [2.75, 3.05) is 16.9 Å². The van der Waals surface area contributed by atoms with E-state index in [1.807, 2.05) is 6.26 Å². The molecule has 2 rings (SSSR count). The van der Waals surface area contributed by atoms with Crippen LogP contribution in [0.4, 0.5) is 10.5 Å². The molecule has 96 valence electrons. The Morgan fingerprint density at radius 3 is 2.61 bits per heavy atom. The SMILES string of the molecule is CSCCC1NC(=O)N(c2ccc(Cl)cc2)C1=O. The number of halogens is 1. The average molecular weight is 285 g/mol. The van der Waals surface area contributed by atoms with E-state index < -0.39 is 6.04 Å². The van der Waals surface area contributed by atoms with Crippen LogP contribution < -0.4 is 10.2 Å². The lowest BCUT2D eigenvalue weighted by Gasteiger charge is -2.12. The molecule has 4 nitrogen and oxygen atoms in total. The fraction of sp³-hybridized carbons (Fsp3) is 0.333. The van der Waals surface area contributed by atoms with Crippen LogP contribution >= 0.6 is 23.4 Å². The zero-order valence-corrected chi connectivity index (χ0v) is 11.4. The lowest BCUT2D eigenvalue weighted by Crippen LogP contribution is -2.31. The number of nitrogens with one attached hydrogen (secondary N) is 1. The molecule has 1 aromatic rings. The summed E-state index contributed by atoms with van der Waals surface area (Å²) in [5.74, 6) is 0.641. The topological polar surface area (TPSA) is 49.4 Å². The van der Waals surface area contributed by atoms with Crippen molar-refractivity contribution in [1.29, 1.82) is 0 Å². The molecule has 1 atom stereocenters. The van der Waals surface area contributed by atoms with E-state index >= 15 is 0 Å². The molecular weight excluding hydrogens is 272 g/mol. The number of thioether (sulfide) groups is 1. The normalized spacial score (nSPS) is 19.2. The van der Waals surface area contributed by atoms with Crippen LogP contribution in [-0.4, -0.2) is 30.0 Å². The summed E-state index contributed by atoms with van der Waals surface area (Å²) >= 11 is 7.43. The molecule has 3 amide bonds. The Hall–Kier alpha value is -1.20. The van der Waals surface area contributed by atoms with Gasteiger partial charge in [0.05, 0.1) is 5.69 Å². The minimum Gasteiger partial charge on any atom is -0.325 e. The third kappa shape index (κ3) is 2.62. The van der Waals surface area contributed by atoms with Crippen LogP contribution in [0, 0.1) is 0 Å². The van der Waals surface area contributed by atoms with E-state index in [0.29, 0.717) is 17.1 Å². The fourth-order valence-electron chi connectivity index (χ4n) is 1.80. The average Bonchev–Trinajstić information content (AvgIpc) is 2.63. The molecule has 18 heavy (non-hydrogen) atoms. The van der Waals surface area contributed by atoms with Crippen molar-refractivity contribution in [3.8, 4) is 0 Å². The largest absolute Gasteiger partial charge is 0.329 e. The Labute approximate surface area is 115 Å². The number of nitrogens with zero attached hydrogens (tertiary/aromatic N) is 1. The van der Waals surface area contributed by atoms with Gasteiger partial charge in [0.25, 0.3) is 5.91 Å².